The van der Waals surface area contributed by atoms with Gasteiger partial charge in [0.05, 0.1) is 9.40 Å². The summed E-state index contributed by atoms with van der Waals surface area (Å²) < 4.78 is 0.385. The molecule has 17 heavy (non-hydrogen) atoms. The second-order valence-electron chi connectivity index (χ2n) is 4.63. The molecule has 5 nitrogen and oxygen atoms in total. The quantitative estimate of drug-likeness (QED) is 0.672. The van der Waals surface area contributed by atoms with Gasteiger partial charge in [-0.1, -0.05) is 20.8 Å². The SMILES string of the molecule is CC(C)(C)C(=O)Nc1ccc(Br)c([N+](=O)[O-])c1. The minimum absolute atomic E-state index is 0.0725. The smallest absolute Gasteiger partial charge is 0.285 e. The maximum absolute atomic E-state index is 11.7. The minimum Gasteiger partial charge on any atom is -0.325 e. The van der Waals surface area contributed by atoms with Gasteiger partial charge in [-0.05, 0) is 28.1 Å². The molecule has 1 N–H and O–H groups in total. The predicted octanol–water partition coefficient (Wildman–Crippen LogP) is 3.34. The Balaban J connectivity index is 2.98. The van der Waals surface area contributed by atoms with Crippen LogP contribution in [0.15, 0.2) is 22.7 Å². The molecule has 1 aromatic rings. The first kappa shape index (κ1) is 13.6. The van der Waals surface area contributed by atoms with E-state index < -0.39 is 10.3 Å². The van der Waals surface area contributed by atoms with E-state index in [1.54, 1.807) is 26.8 Å². The summed E-state index contributed by atoms with van der Waals surface area (Å²) >= 11 is 3.08. The second-order valence-corrected chi connectivity index (χ2v) is 5.48. The molecule has 1 aromatic carbocycles. The average molecular weight is 301 g/mol. The lowest BCUT2D eigenvalue weighted by Crippen LogP contribution is -2.27. The molecule has 0 heterocycles. The monoisotopic (exact) mass is 300 g/mol. The fourth-order valence-electron chi connectivity index (χ4n) is 1.05. The third-order valence-electron chi connectivity index (χ3n) is 2.08. The van der Waals surface area contributed by atoms with Crippen LogP contribution in [0.25, 0.3) is 0 Å². The standard InChI is InChI=1S/C11H13BrN2O3/c1-11(2,3)10(15)13-7-4-5-8(12)9(6-7)14(16)17/h4-6H,1-3H3,(H,13,15). The van der Waals surface area contributed by atoms with Crippen LogP contribution in [0.2, 0.25) is 0 Å². The van der Waals surface area contributed by atoms with Crippen LogP contribution in [0, 0.1) is 15.5 Å². The van der Waals surface area contributed by atoms with Gasteiger partial charge in [0.2, 0.25) is 5.91 Å². The molecule has 0 saturated heterocycles. The zero-order chi connectivity index (χ0) is 13.2. The van der Waals surface area contributed by atoms with Gasteiger partial charge in [0, 0.05) is 17.2 Å². The summed E-state index contributed by atoms with van der Waals surface area (Å²) in [6, 6.07) is 4.48. The maximum Gasteiger partial charge on any atom is 0.285 e. The Labute approximate surface area is 107 Å². The molecule has 0 fully saturated rings. The topological polar surface area (TPSA) is 72.2 Å². The van der Waals surface area contributed by atoms with Crippen molar-refractivity contribution < 1.29 is 9.72 Å². The van der Waals surface area contributed by atoms with Crippen molar-refractivity contribution in [1.82, 2.24) is 0 Å². The molecule has 0 radical (unpaired) electrons. The maximum atomic E-state index is 11.7. The van der Waals surface area contributed by atoms with E-state index in [0.29, 0.717) is 10.2 Å². The zero-order valence-corrected chi connectivity index (χ0v) is 11.4. The average Bonchev–Trinajstić information content (AvgIpc) is 2.19. The van der Waals surface area contributed by atoms with Crippen LogP contribution in [-0.4, -0.2) is 10.8 Å². The van der Waals surface area contributed by atoms with E-state index in [4.69, 9.17) is 0 Å². The van der Waals surface area contributed by atoms with Gasteiger partial charge >= 0.3 is 0 Å². The van der Waals surface area contributed by atoms with Gasteiger partial charge in [0.1, 0.15) is 0 Å². The van der Waals surface area contributed by atoms with Crippen molar-refractivity contribution in [2.45, 2.75) is 20.8 Å². The molecule has 0 aliphatic heterocycles. The predicted molar refractivity (Wildman–Crippen MR) is 68.9 cm³/mol. The second kappa shape index (κ2) is 4.83. The van der Waals surface area contributed by atoms with E-state index in [-0.39, 0.29) is 11.6 Å². The van der Waals surface area contributed by atoms with Crippen molar-refractivity contribution in [3.8, 4) is 0 Å². The number of hydrogen-bond donors (Lipinski definition) is 1. The number of hydrogen-bond acceptors (Lipinski definition) is 3. The Morgan fingerprint density at radius 3 is 2.47 bits per heavy atom. The van der Waals surface area contributed by atoms with Crippen LogP contribution in [-0.2, 0) is 4.79 Å². The van der Waals surface area contributed by atoms with Gasteiger partial charge < -0.3 is 5.32 Å². The molecule has 0 bridgehead atoms. The van der Waals surface area contributed by atoms with Gasteiger partial charge in [0.15, 0.2) is 0 Å². The largest absolute Gasteiger partial charge is 0.325 e. The van der Waals surface area contributed by atoms with Crippen LogP contribution < -0.4 is 5.32 Å². The number of benzene rings is 1. The molecule has 0 spiro atoms. The Hall–Kier alpha value is -1.43. The number of amides is 1. The zero-order valence-electron chi connectivity index (χ0n) is 9.78. The molecule has 6 heteroatoms. The number of anilines is 1. The highest BCUT2D eigenvalue weighted by Crippen LogP contribution is 2.28. The van der Waals surface area contributed by atoms with Crippen molar-refractivity contribution in [3.05, 3.63) is 32.8 Å². The molecule has 0 saturated carbocycles. The normalized spacial score (nSPS) is 11.1. The summed E-state index contributed by atoms with van der Waals surface area (Å²) in [6.45, 7) is 5.32. The molecule has 0 aliphatic carbocycles. The lowest BCUT2D eigenvalue weighted by Gasteiger charge is -2.17. The van der Waals surface area contributed by atoms with Crippen molar-refractivity contribution in [3.63, 3.8) is 0 Å². The molecule has 0 aromatic heterocycles. The van der Waals surface area contributed by atoms with E-state index in [9.17, 15) is 14.9 Å². The van der Waals surface area contributed by atoms with Crippen LogP contribution in [0.4, 0.5) is 11.4 Å². The molecule has 1 rings (SSSR count). The number of halogens is 1. The number of nitrogens with zero attached hydrogens (tertiary/aromatic N) is 1. The Morgan fingerprint density at radius 2 is 2.00 bits per heavy atom. The summed E-state index contributed by atoms with van der Waals surface area (Å²) in [5.41, 5.74) is -0.196. The van der Waals surface area contributed by atoms with E-state index in [0.717, 1.165) is 0 Å². The lowest BCUT2D eigenvalue weighted by molar-refractivity contribution is -0.385. The summed E-state index contributed by atoms with van der Waals surface area (Å²) in [7, 11) is 0. The molecular formula is C11H13BrN2O3. The Kier molecular flexibility index (Phi) is 3.87. The summed E-state index contributed by atoms with van der Waals surface area (Å²) in [6.07, 6.45) is 0. The lowest BCUT2D eigenvalue weighted by atomic mass is 9.95. The van der Waals surface area contributed by atoms with Gasteiger partial charge in [-0.15, -0.1) is 0 Å². The highest BCUT2D eigenvalue weighted by atomic mass is 79.9. The first-order chi connectivity index (χ1) is 7.71. The number of nitro benzene ring substituents is 1. The molecule has 92 valence electrons. The van der Waals surface area contributed by atoms with E-state index in [1.165, 1.54) is 12.1 Å². The highest BCUT2D eigenvalue weighted by Gasteiger charge is 2.22. The van der Waals surface area contributed by atoms with Crippen LogP contribution in [0.5, 0.6) is 0 Å². The fourth-order valence-corrected chi connectivity index (χ4v) is 1.44. The third kappa shape index (κ3) is 3.52. The first-order valence-corrected chi connectivity index (χ1v) is 5.76. The van der Waals surface area contributed by atoms with Gasteiger partial charge in [-0.25, -0.2) is 0 Å². The minimum atomic E-state index is -0.540. The number of nitrogens with one attached hydrogen (secondary N) is 1. The Morgan fingerprint density at radius 1 is 1.41 bits per heavy atom. The molecule has 1 amide bonds. The summed E-state index contributed by atoms with van der Waals surface area (Å²) in [5.74, 6) is -0.186. The number of nitro groups is 1. The highest BCUT2D eigenvalue weighted by molar-refractivity contribution is 9.10. The number of rotatable bonds is 2. The number of carbonyl (C=O) groups is 1. The molecule has 0 aliphatic rings. The van der Waals surface area contributed by atoms with E-state index in [2.05, 4.69) is 21.2 Å². The molecular weight excluding hydrogens is 288 g/mol. The van der Waals surface area contributed by atoms with Crippen molar-refractivity contribution in [2.75, 3.05) is 5.32 Å². The number of carbonyl (C=O) groups excluding carboxylic acids is 1. The van der Waals surface area contributed by atoms with Crippen molar-refractivity contribution in [1.29, 1.82) is 0 Å². The first-order valence-electron chi connectivity index (χ1n) is 4.97. The van der Waals surface area contributed by atoms with Gasteiger partial charge in [-0.2, -0.15) is 0 Å². The van der Waals surface area contributed by atoms with Crippen LogP contribution in [0.3, 0.4) is 0 Å². The van der Waals surface area contributed by atoms with Crippen LogP contribution in [0.1, 0.15) is 20.8 Å². The summed E-state index contributed by atoms with van der Waals surface area (Å²) in [5, 5.41) is 13.4. The Bertz CT molecular complexity index is 466. The van der Waals surface area contributed by atoms with Crippen molar-refractivity contribution in [2.24, 2.45) is 5.41 Å². The molecule has 0 unspecified atom stereocenters. The summed E-state index contributed by atoms with van der Waals surface area (Å²) in [4.78, 5) is 21.9. The van der Waals surface area contributed by atoms with Crippen LogP contribution >= 0.6 is 15.9 Å². The van der Waals surface area contributed by atoms with E-state index in [1.807, 2.05) is 0 Å². The fraction of sp³-hybridized carbons (Fsp3) is 0.364. The van der Waals surface area contributed by atoms with Gasteiger partial charge in [0.25, 0.3) is 5.69 Å². The van der Waals surface area contributed by atoms with Gasteiger partial charge in [-0.3, -0.25) is 14.9 Å². The van der Waals surface area contributed by atoms with E-state index >= 15 is 0 Å². The third-order valence-corrected chi connectivity index (χ3v) is 2.75. The molecule has 0 atom stereocenters. The van der Waals surface area contributed by atoms with Crippen molar-refractivity contribution >= 4 is 33.2 Å².